The zero-order chi connectivity index (χ0) is 94.6. The number of amides is 2. The Morgan fingerprint density at radius 2 is 0.640 bits per heavy atom. The Kier molecular flexibility index (Phi) is 28.9. The fraction of sp³-hybridized carbons (Fsp3) is 0.191. The van der Waals surface area contributed by atoms with Gasteiger partial charge in [0.05, 0.1) is 57.8 Å². The van der Waals surface area contributed by atoms with Crippen molar-refractivity contribution in [1.82, 2.24) is 24.9 Å². The molecule has 0 bridgehead atoms. The van der Waals surface area contributed by atoms with Gasteiger partial charge < -0.3 is 34.3 Å². The number of carbonyl (C=O) groups excluding carboxylic acids is 2. The first kappa shape index (κ1) is 93.0. The zero-order valence-corrected chi connectivity index (χ0v) is 78.9. The van der Waals surface area contributed by atoms with Crippen LogP contribution in [-0.2, 0) is 91.6 Å². The van der Waals surface area contributed by atoms with Crippen molar-refractivity contribution in [3.63, 3.8) is 0 Å². The summed E-state index contributed by atoms with van der Waals surface area (Å²) in [5, 5.41) is 1.69. The smallest absolute Gasteiger partial charge is 0.266 e. The average Bonchev–Trinajstić information content (AvgIpc) is 1.57. The van der Waals surface area contributed by atoms with E-state index in [1.807, 2.05) is 95.1 Å². The number of hydrogen-bond donors (Lipinski definition) is 0. The third-order valence-corrected chi connectivity index (χ3v) is 26.2. The summed E-state index contributed by atoms with van der Waals surface area (Å²) in [6.07, 6.45) is 11.1. The van der Waals surface area contributed by atoms with E-state index in [0.717, 1.165) is 133 Å². The molecule has 0 unspecified atom stereocenters. The molecule has 0 N–H and O–H groups in total. The summed E-state index contributed by atoms with van der Waals surface area (Å²) >= 11 is 12.5. The van der Waals surface area contributed by atoms with Crippen LogP contribution in [0, 0.1) is 78.7 Å². The summed E-state index contributed by atoms with van der Waals surface area (Å²) in [5.41, 5.74) is 33.9. The molecule has 2 amide bonds. The molecule has 24 rings (SSSR count). The van der Waals surface area contributed by atoms with E-state index in [1.54, 1.807) is 41.3 Å². The van der Waals surface area contributed by atoms with Crippen molar-refractivity contribution in [3.05, 3.63) is 490 Å². The van der Waals surface area contributed by atoms with E-state index in [1.165, 1.54) is 118 Å². The lowest BCUT2D eigenvalue weighted by Gasteiger charge is -2.19. The van der Waals surface area contributed by atoms with Crippen molar-refractivity contribution >= 4 is 80.6 Å². The second-order valence-corrected chi connectivity index (χ2v) is 36.2. The van der Waals surface area contributed by atoms with Gasteiger partial charge in [0.1, 0.15) is 5.82 Å². The highest BCUT2D eigenvalue weighted by Gasteiger charge is 2.37. The highest BCUT2D eigenvalue weighted by molar-refractivity contribution is 6.34. The molecule has 0 saturated carbocycles. The second-order valence-electron chi connectivity index (χ2n) is 35.4. The van der Waals surface area contributed by atoms with Gasteiger partial charge in [-0.3, -0.25) is 29.5 Å². The van der Waals surface area contributed by atoms with Crippen LogP contribution in [0.25, 0.3) is 0 Å². The lowest BCUT2D eigenvalue weighted by atomic mass is 10.1. The van der Waals surface area contributed by atoms with Crippen molar-refractivity contribution in [2.45, 2.75) is 147 Å². The van der Waals surface area contributed by atoms with E-state index in [4.69, 9.17) is 23.2 Å². The number of rotatable bonds is 8. The van der Waals surface area contributed by atoms with E-state index in [0.29, 0.717) is 16.8 Å². The standard InChI is InChI=1S/2C15H14ClN.C15H11F4N.C14H10N2O2.4C14H14N2/c1-11-6-7-14(8-15(11)16)17-9-12-4-2-3-5-13(12)10-17;1-11-6-7-15(14(16)8-11)17-9-12-4-2-3-5-13(12)10-17;1-8-2-4-9(5-3-8)20-6-10-11(7-20)13(17)15(19)14(18)12(10)16;1-9-6-7-10(8-15-9)16-13(17)11-4-2-3-5-12(11)14(16)18;1-11-2-4-14(5-3-11)16-9-12-6-7-15-8-13(12)10-16;1-11-4-6-13(7-5-11)16-9-12-3-2-8-15-14(12)10-16;1-11-6-7-14(8-15-11)16-9-12-4-2-3-5-13(12)10-16;1-11-6-7-14(15-8-11)16-9-12-4-2-3-5-13(12)10-16/h2*2-8H,9-10H2,1H3;2-5H,6-7H2,1H3;2-8H,1H3;4*2-8H,9-10H2,1H3. The van der Waals surface area contributed by atoms with Crippen LogP contribution in [0.3, 0.4) is 0 Å². The number of aromatic nitrogens is 5. The minimum atomic E-state index is -1.74. The molecule has 11 aromatic carbocycles. The molecule has 136 heavy (non-hydrogen) atoms. The van der Waals surface area contributed by atoms with Gasteiger partial charge in [-0.1, -0.05) is 210 Å². The molecule has 8 aliphatic rings. The van der Waals surface area contributed by atoms with Crippen LogP contribution in [0.2, 0.25) is 10.0 Å². The van der Waals surface area contributed by atoms with Crippen molar-refractivity contribution in [3.8, 4) is 0 Å². The summed E-state index contributed by atoms with van der Waals surface area (Å²) < 4.78 is 53.8. The number of aryl methyl sites for hydroxylation is 8. The number of carbonyl (C=O) groups is 2. The third-order valence-electron chi connectivity index (χ3n) is 25.5. The van der Waals surface area contributed by atoms with Gasteiger partial charge in [-0.2, -0.15) is 0 Å². The Morgan fingerprint density at radius 1 is 0.265 bits per heavy atom. The molecule has 13 heterocycles. The van der Waals surface area contributed by atoms with Crippen LogP contribution >= 0.6 is 23.2 Å². The van der Waals surface area contributed by atoms with Gasteiger partial charge in [-0.15, -0.1) is 0 Å². The van der Waals surface area contributed by atoms with Crippen LogP contribution < -0.4 is 39.2 Å². The quantitative estimate of drug-likeness (QED) is 0.0620. The van der Waals surface area contributed by atoms with Crippen LogP contribution in [0.1, 0.15) is 144 Å². The molecule has 21 heteroatoms. The number of hydrogen-bond acceptors (Lipinski definition) is 14. The van der Waals surface area contributed by atoms with Crippen molar-refractivity contribution in [2.24, 2.45) is 0 Å². The van der Waals surface area contributed by atoms with Gasteiger partial charge in [-0.25, -0.2) is 27.4 Å². The average molecular weight is 1850 g/mol. The number of halogens is 6. The van der Waals surface area contributed by atoms with Gasteiger partial charge in [0.15, 0.2) is 23.3 Å². The van der Waals surface area contributed by atoms with Crippen LogP contribution in [0.5, 0.6) is 0 Å². The molecule has 0 fully saturated rings. The number of imide groups is 1. The summed E-state index contributed by atoms with van der Waals surface area (Å²) in [6.45, 7) is 28.0. The molecule has 16 aromatic rings. The Morgan fingerprint density at radius 3 is 1.07 bits per heavy atom. The summed E-state index contributed by atoms with van der Waals surface area (Å²) in [4.78, 5) is 62.8. The Balaban J connectivity index is 0.000000108. The predicted octanol–water partition coefficient (Wildman–Crippen LogP) is 26.2. The van der Waals surface area contributed by atoms with E-state index in [2.05, 4.69) is 294 Å². The minimum Gasteiger partial charge on any atom is -0.363 e. The molecule has 5 aromatic heterocycles. The van der Waals surface area contributed by atoms with Crippen molar-refractivity contribution in [1.29, 1.82) is 0 Å². The molecular weight excluding hydrogens is 1740 g/mol. The van der Waals surface area contributed by atoms with E-state index in [9.17, 15) is 27.2 Å². The molecular formula is C115H105Cl2F4N13O2. The van der Waals surface area contributed by atoms with E-state index >= 15 is 0 Å². The number of fused-ring (bicyclic) bond motifs is 8. The summed E-state index contributed by atoms with van der Waals surface area (Å²) in [7, 11) is 0. The highest BCUT2D eigenvalue weighted by atomic mass is 35.5. The maximum absolute atomic E-state index is 13.7. The lowest BCUT2D eigenvalue weighted by Crippen LogP contribution is -2.29. The molecule has 15 nitrogen and oxygen atoms in total. The number of nitrogens with zero attached hydrogens (tertiary/aromatic N) is 13. The fourth-order valence-electron chi connectivity index (χ4n) is 17.7. The molecule has 0 atom stereocenters. The van der Waals surface area contributed by atoms with Crippen LogP contribution in [0.4, 0.5) is 63.2 Å². The van der Waals surface area contributed by atoms with Gasteiger partial charge in [-0.05, 0) is 249 Å². The summed E-state index contributed by atoms with van der Waals surface area (Å²) in [5.74, 6) is -5.59. The molecule has 684 valence electrons. The monoisotopic (exact) mass is 1850 g/mol. The van der Waals surface area contributed by atoms with E-state index < -0.39 is 23.3 Å². The van der Waals surface area contributed by atoms with Crippen molar-refractivity contribution in [2.75, 3.05) is 39.2 Å². The first-order valence-corrected chi connectivity index (χ1v) is 46.4. The van der Waals surface area contributed by atoms with Gasteiger partial charge in [0.2, 0.25) is 0 Å². The fourth-order valence-corrected chi connectivity index (χ4v) is 18.2. The van der Waals surface area contributed by atoms with Gasteiger partial charge in [0, 0.05) is 160 Å². The first-order chi connectivity index (χ1) is 65.9. The van der Waals surface area contributed by atoms with Crippen LogP contribution in [0.15, 0.2) is 322 Å². The Hall–Kier alpha value is -14.8. The summed E-state index contributed by atoms with van der Waals surface area (Å²) in [6, 6.07) is 96.7. The number of benzene rings is 11. The van der Waals surface area contributed by atoms with Crippen molar-refractivity contribution < 1.29 is 27.2 Å². The maximum Gasteiger partial charge on any atom is 0.266 e. The molecule has 0 spiro atoms. The molecule has 0 radical (unpaired) electrons. The van der Waals surface area contributed by atoms with E-state index in [-0.39, 0.29) is 36.0 Å². The highest BCUT2D eigenvalue weighted by Crippen LogP contribution is 2.40. The number of pyridine rings is 5. The Bertz CT molecular complexity index is 6370. The Labute approximate surface area is 803 Å². The molecule has 8 aliphatic heterocycles. The molecule has 0 aliphatic carbocycles. The lowest BCUT2D eigenvalue weighted by molar-refractivity contribution is 0.0925. The maximum atomic E-state index is 13.7. The second kappa shape index (κ2) is 42.2. The topological polar surface area (TPSA) is 125 Å². The SMILES string of the molecule is Cc1ccc(N2C(=O)c3ccccc3C2=O)cn1.Cc1ccc(N2Cc3c(F)c(F)c(F)c(F)c3C2)cc1.Cc1ccc(N2Cc3ccccc3C2)c(Cl)c1.Cc1ccc(N2Cc3ccccc3C2)cc1Cl.Cc1ccc(N2Cc3ccccc3C2)cn1.Cc1ccc(N2Cc3ccccc3C2)nc1.Cc1ccc(N2Cc3cccnc3C2)cc1.Cc1ccc(N2Cc3ccncc3C2)cc1. The third kappa shape index (κ3) is 21.8. The minimum absolute atomic E-state index is 0.0261. The van der Waals surface area contributed by atoms with Gasteiger partial charge in [0.25, 0.3) is 11.8 Å². The zero-order valence-electron chi connectivity index (χ0n) is 77.4. The largest absolute Gasteiger partial charge is 0.363 e. The van der Waals surface area contributed by atoms with Crippen LogP contribution in [-0.4, -0.2) is 36.7 Å². The molecule has 0 saturated heterocycles. The predicted molar refractivity (Wildman–Crippen MR) is 540 cm³/mol. The van der Waals surface area contributed by atoms with Gasteiger partial charge >= 0.3 is 0 Å². The number of anilines is 8. The first-order valence-electron chi connectivity index (χ1n) is 45.6. The normalized spacial score (nSPS) is 13.9.